The number of hydrogen-bond acceptors (Lipinski definition) is 2. The largest absolute Gasteiger partial charge is 0.357 e. The third-order valence-electron chi connectivity index (χ3n) is 3.56. The van der Waals surface area contributed by atoms with Crippen LogP contribution in [0, 0.1) is 12.8 Å². The van der Waals surface area contributed by atoms with Gasteiger partial charge in [-0.15, -0.1) is 0 Å². The van der Waals surface area contributed by atoms with Crippen LogP contribution in [0.15, 0.2) is 29.3 Å². The average Bonchev–Trinajstić information content (AvgIpc) is 2.52. The fourth-order valence-corrected chi connectivity index (χ4v) is 2.13. The fraction of sp³-hybridized carbons (Fsp3) is 0.556. The van der Waals surface area contributed by atoms with E-state index in [0.717, 1.165) is 19.0 Å². The summed E-state index contributed by atoms with van der Waals surface area (Å²) in [4.78, 5) is 18.2. The van der Waals surface area contributed by atoms with E-state index in [1.165, 1.54) is 11.1 Å². The van der Waals surface area contributed by atoms with Gasteiger partial charge < -0.3 is 15.5 Å². The molecule has 0 aliphatic heterocycles. The van der Waals surface area contributed by atoms with Crippen molar-refractivity contribution >= 4 is 11.9 Å². The summed E-state index contributed by atoms with van der Waals surface area (Å²) in [5.41, 5.74) is 2.56. The summed E-state index contributed by atoms with van der Waals surface area (Å²) in [6.45, 7) is 10.7. The molecule has 0 bridgehead atoms. The van der Waals surface area contributed by atoms with E-state index in [1.807, 2.05) is 20.9 Å². The van der Waals surface area contributed by atoms with Gasteiger partial charge in [-0.1, -0.05) is 38.1 Å². The number of aryl methyl sites for hydroxylation is 1. The number of guanidine groups is 1. The van der Waals surface area contributed by atoms with Crippen LogP contribution in [0.4, 0.5) is 0 Å². The highest BCUT2D eigenvalue weighted by Gasteiger charge is 2.08. The predicted octanol–water partition coefficient (Wildman–Crippen LogP) is 2.16. The third kappa shape index (κ3) is 6.72. The summed E-state index contributed by atoms with van der Waals surface area (Å²) < 4.78 is 0. The molecule has 1 aromatic rings. The zero-order chi connectivity index (χ0) is 17.2. The maximum atomic E-state index is 11.5. The van der Waals surface area contributed by atoms with Crippen molar-refractivity contribution in [1.29, 1.82) is 0 Å². The van der Waals surface area contributed by atoms with Gasteiger partial charge in [0, 0.05) is 32.6 Å². The Balaban J connectivity index is 2.60. The Morgan fingerprint density at radius 1 is 1.26 bits per heavy atom. The van der Waals surface area contributed by atoms with Gasteiger partial charge in [0.05, 0.1) is 6.54 Å². The lowest BCUT2D eigenvalue weighted by molar-refractivity contribution is -0.123. The highest BCUT2D eigenvalue weighted by atomic mass is 16.1. The monoisotopic (exact) mass is 318 g/mol. The highest BCUT2D eigenvalue weighted by molar-refractivity contribution is 5.80. The van der Waals surface area contributed by atoms with Gasteiger partial charge in [-0.3, -0.25) is 9.79 Å². The molecular weight excluding hydrogens is 288 g/mol. The SMILES string of the molecule is CCNC(=NCCNC(=O)C(C)C)N(C)Cc1ccccc1C. The number of benzene rings is 1. The van der Waals surface area contributed by atoms with Crippen LogP contribution in [0.5, 0.6) is 0 Å². The Hall–Kier alpha value is -2.04. The van der Waals surface area contributed by atoms with E-state index >= 15 is 0 Å². The molecule has 23 heavy (non-hydrogen) atoms. The maximum absolute atomic E-state index is 11.5. The second-order valence-electron chi connectivity index (χ2n) is 5.96. The molecule has 0 spiro atoms. The van der Waals surface area contributed by atoms with Gasteiger partial charge in [0.25, 0.3) is 0 Å². The first-order valence-electron chi connectivity index (χ1n) is 8.27. The summed E-state index contributed by atoms with van der Waals surface area (Å²) in [5, 5.41) is 6.18. The zero-order valence-electron chi connectivity index (χ0n) is 15.0. The van der Waals surface area contributed by atoms with Crippen molar-refractivity contribution in [2.45, 2.75) is 34.2 Å². The van der Waals surface area contributed by atoms with Gasteiger partial charge in [0.2, 0.25) is 5.91 Å². The summed E-state index contributed by atoms with van der Waals surface area (Å²) in [6, 6.07) is 8.37. The van der Waals surface area contributed by atoms with Crippen LogP contribution in [-0.2, 0) is 11.3 Å². The van der Waals surface area contributed by atoms with Crippen molar-refractivity contribution in [3.05, 3.63) is 35.4 Å². The molecule has 2 N–H and O–H groups in total. The first-order chi connectivity index (χ1) is 11.0. The van der Waals surface area contributed by atoms with Crippen LogP contribution < -0.4 is 10.6 Å². The van der Waals surface area contributed by atoms with Gasteiger partial charge in [0.1, 0.15) is 0 Å². The van der Waals surface area contributed by atoms with Gasteiger partial charge in [0.15, 0.2) is 5.96 Å². The van der Waals surface area contributed by atoms with Gasteiger partial charge in [-0.25, -0.2) is 0 Å². The standard InChI is InChI=1S/C18H30N4O/c1-6-19-18(21-12-11-20-17(23)14(2)3)22(5)13-16-10-8-7-9-15(16)4/h7-10,14H,6,11-13H2,1-5H3,(H,19,21)(H,20,23). The smallest absolute Gasteiger partial charge is 0.222 e. The van der Waals surface area contributed by atoms with Gasteiger partial charge >= 0.3 is 0 Å². The van der Waals surface area contributed by atoms with Gasteiger partial charge in [-0.05, 0) is 25.0 Å². The van der Waals surface area contributed by atoms with E-state index in [1.54, 1.807) is 0 Å². The molecule has 0 aromatic heterocycles. The van der Waals surface area contributed by atoms with Crippen molar-refractivity contribution < 1.29 is 4.79 Å². The van der Waals surface area contributed by atoms with Crippen molar-refractivity contribution in [2.75, 3.05) is 26.7 Å². The molecule has 0 aliphatic carbocycles. The normalized spacial score (nSPS) is 11.5. The van der Waals surface area contributed by atoms with Crippen molar-refractivity contribution in [3.63, 3.8) is 0 Å². The number of nitrogens with one attached hydrogen (secondary N) is 2. The quantitative estimate of drug-likeness (QED) is 0.460. The van der Waals surface area contributed by atoms with Crippen LogP contribution in [0.3, 0.4) is 0 Å². The predicted molar refractivity (Wildman–Crippen MR) is 96.5 cm³/mol. The van der Waals surface area contributed by atoms with E-state index in [0.29, 0.717) is 13.1 Å². The van der Waals surface area contributed by atoms with Crippen LogP contribution in [0.1, 0.15) is 31.9 Å². The van der Waals surface area contributed by atoms with Crippen LogP contribution in [0.25, 0.3) is 0 Å². The maximum Gasteiger partial charge on any atom is 0.222 e. The first-order valence-corrected chi connectivity index (χ1v) is 8.27. The highest BCUT2D eigenvalue weighted by Crippen LogP contribution is 2.09. The second kappa shape index (κ2) is 9.87. The minimum Gasteiger partial charge on any atom is -0.357 e. The van der Waals surface area contributed by atoms with E-state index in [2.05, 4.69) is 58.6 Å². The molecule has 1 amide bonds. The topological polar surface area (TPSA) is 56.7 Å². The molecular formula is C18H30N4O. The molecule has 5 heteroatoms. The molecule has 0 fully saturated rings. The molecule has 0 atom stereocenters. The Morgan fingerprint density at radius 3 is 2.57 bits per heavy atom. The van der Waals surface area contributed by atoms with Crippen LogP contribution in [0.2, 0.25) is 0 Å². The number of nitrogens with zero attached hydrogens (tertiary/aromatic N) is 2. The van der Waals surface area contributed by atoms with E-state index in [-0.39, 0.29) is 11.8 Å². The Morgan fingerprint density at radius 2 is 1.96 bits per heavy atom. The lowest BCUT2D eigenvalue weighted by atomic mass is 10.1. The number of amides is 1. The van der Waals surface area contributed by atoms with E-state index < -0.39 is 0 Å². The molecule has 1 aromatic carbocycles. The van der Waals surface area contributed by atoms with Crippen molar-refractivity contribution in [3.8, 4) is 0 Å². The van der Waals surface area contributed by atoms with Crippen LogP contribution >= 0.6 is 0 Å². The fourth-order valence-electron chi connectivity index (χ4n) is 2.13. The molecule has 0 aliphatic rings. The Labute approximate surface area is 140 Å². The number of carbonyl (C=O) groups excluding carboxylic acids is 1. The Bertz CT molecular complexity index is 526. The lowest BCUT2D eigenvalue weighted by Gasteiger charge is -2.23. The minimum atomic E-state index is 0.0101. The van der Waals surface area contributed by atoms with E-state index in [9.17, 15) is 4.79 Å². The number of aliphatic imine (C=N–C) groups is 1. The summed E-state index contributed by atoms with van der Waals surface area (Å²) in [5.74, 6) is 0.934. The summed E-state index contributed by atoms with van der Waals surface area (Å²) >= 11 is 0. The molecule has 5 nitrogen and oxygen atoms in total. The number of hydrogen-bond donors (Lipinski definition) is 2. The number of carbonyl (C=O) groups is 1. The second-order valence-corrected chi connectivity index (χ2v) is 5.96. The molecule has 0 saturated heterocycles. The van der Waals surface area contributed by atoms with Crippen molar-refractivity contribution in [1.82, 2.24) is 15.5 Å². The molecule has 0 heterocycles. The molecule has 0 saturated carbocycles. The third-order valence-corrected chi connectivity index (χ3v) is 3.56. The van der Waals surface area contributed by atoms with Gasteiger partial charge in [-0.2, -0.15) is 0 Å². The van der Waals surface area contributed by atoms with Crippen molar-refractivity contribution in [2.24, 2.45) is 10.9 Å². The number of rotatable bonds is 7. The molecule has 128 valence electrons. The molecule has 0 radical (unpaired) electrons. The van der Waals surface area contributed by atoms with E-state index in [4.69, 9.17) is 0 Å². The van der Waals surface area contributed by atoms with Crippen LogP contribution in [-0.4, -0.2) is 43.4 Å². The zero-order valence-corrected chi connectivity index (χ0v) is 15.0. The summed E-state index contributed by atoms with van der Waals surface area (Å²) in [6.07, 6.45) is 0. The molecule has 0 unspecified atom stereocenters. The first kappa shape index (κ1) is 19.0. The average molecular weight is 318 g/mol. The Kier molecular flexibility index (Phi) is 8.16. The summed E-state index contributed by atoms with van der Waals surface area (Å²) in [7, 11) is 2.03. The minimum absolute atomic E-state index is 0.0101. The lowest BCUT2D eigenvalue weighted by Crippen LogP contribution is -2.39. The molecule has 1 rings (SSSR count).